The molecular weight excluding hydrogens is 306 g/mol. The van der Waals surface area contributed by atoms with Crippen molar-refractivity contribution >= 4 is 5.91 Å². The van der Waals surface area contributed by atoms with E-state index in [9.17, 15) is 4.79 Å². The molecule has 0 bridgehead atoms. The van der Waals surface area contributed by atoms with Gasteiger partial charge in [0.15, 0.2) is 5.82 Å². The van der Waals surface area contributed by atoms with Gasteiger partial charge in [-0.05, 0) is 30.9 Å². The summed E-state index contributed by atoms with van der Waals surface area (Å²) < 4.78 is 5.43. The summed E-state index contributed by atoms with van der Waals surface area (Å²) in [5.74, 6) is 0.745. The predicted octanol–water partition coefficient (Wildman–Crippen LogP) is 2.32. The van der Waals surface area contributed by atoms with E-state index >= 15 is 0 Å². The molecule has 0 saturated heterocycles. The second-order valence-corrected chi connectivity index (χ2v) is 6.73. The lowest BCUT2D eigenvalue weighted by Gasteiger charge is -2.19. The van der Waals surface area contributed by atoms with Crippen LogP contribution in [0.25, 0.3) is 0 Å². The van der Waals surface area contributed by atoms with Crippen molar-refractivity contribution < 1.29 is 9.32 Å². The van der Waals surface area contributed by atoms with Crippen LogP contribution < -0.4 is 11.1 Å². The molecule has 1 aliphatic rings. The van der Waals surface area contributed by atoms with Gasteiger partial charge in [-0.25, -0.2) is 0 Å². The first kappa shape index (κ1) is 16.6. The fourth-order valence-electron chi connectivity index (χ4n) is 3.02. The molecule has 1 aliphatic carbocycles. The Labute approximate surface area is 141 Å². The molecule has 1 saturated carbocycles. The number of carbonyl (C=O) groups is 1. The van der Waals surface area contributed by atoms with Gasteiger partial charge in [-0.1, -0.05) is 37.9 Å². The van der Waals surface area contributed by atoms with Gasteiger partial charge in [0.1, 0.15) is 11.7 Å². The van der Waals surface area contributed by atoms with Crippen molar-refractivity contribution in [1.82, 2.24) is 20.4 Å². The SMILES string of the molecule is CC(C)C(NC(=O)c1ccccn1)c1nc(C2(N)CCCC2)no1. The molecule has 128 valence electrons. The monoisotopic (exact) mass is 329 g/mol. The molecular formula is C17H23N5O2. The smallest absolute Gasteiger partial charge is 0.270 e. The third kappa shape index (κ3) is 3.31. The third-order valence-electron chi connectivity index (χ3n) is 4.50. The number of amides is 1. The van der Waals surface area contributed by atoms with Crippen LogP contribution in [0.3, 0.4) is 0 Å². The first-order chi connectivity index (χ1) is 11.5. The van der Waals surface area contributed by atoms with Crippen LogP contribution in [-0.4, -0.2) is 21.0 Å². The molecule has 24 heavy (non-hydrogen) atoms. The van der Waals surface area contributed by atoms with E-state index in [2.05, 4.69) is 20.4 Å². The van der Waals surface area contributed by atoms with E-state index in [1.807, 2.05) is 13.8 Å². The average molecular weight is 329 g/mol. The van der Waals surface area contributed by atoms with Crippen molar-refractivity contribution in [3.05, 3.63) is 41.8 Å². The Bertz CT molecular complexity index is 692. The van der Waals surface area contributed by atoms with E-state index in [0.717, 1.165) is 25.7 Å². The van der Waals surface area contributed by atoms with Gasteiger partial charge in [0.2, 0.25) is 5.89 Å². The van der Waals surface area contributed by atoms with E-state index in [0.29, 0.717) is 17.4 Å². The van der Waals surface area contributed by atoms with Crippen LogP contribution in [0, 0.1) is 5.92 Å². The number of carbonyl (C=O) groups excluding carboxylic acids is 1. The molecule has 2 aromatic heterocycles. The van der Waals surface area contributed by atoms with Gasteiger partial charge in [-0.2, -0.15) is 4.98 Å². The van der Waals surface area contributed by atoms with Gasteiger partial charge in [0, 0.05) is 6.20 Å². The number of pyridine rings is 1. The number of hydrogen-bond donors (Lipinski definition) is 2. The number of hydrogen-bond acceptors (Lipinski definition) is 6. The molecule has 2 heterocycles. The zero-order valence-electron chi connectivity index (χ0n) is 14.0. The quantitative estimate of drug-likeness (QED) is 0.871. The molecule has 3 N–H and O–H groups in total. The Balaban J connectivity index is 1.79. The molecule has 1 atom stereocenters. The number of rotatable bonds is 5. The maximum absolute atomic E-state index is 12.4. The van der Waals surface area contributed by atoms with Crippen molar-refractivity contribution in [2.75, 3.05) is 0 Å². The summed E-state index contributed by atoms with van der Waals surface area (Å²) in [7, 11) is 0. The summed E-state index contributed by atoms with van der Waals surface area (Å²) in [4.78, 5) is 20.9. The van der Waals surface area contributed by atoms with Crippen LogP contribution in [0.15, 0.2) is 28.9 Å². The van der Waals surface area contributed by atoms with Gasteiger partial charge in [0.25, 0.3) is 5.91 Å². The Morgan fingerprint density at radius 2 is 2.08 bits per heavy atom. The molecule has 7 nitrogen and oxygen atoms in total. The van der Waals surface area contributed by atoms with Crippen molar-refractivity contribution in [1.29, 1.82) is 0 Å². The topological polar surface area (TPSA) is 107 Å². The first-order valence-electron chi connectivity index (χ1n) is 8.34. The Morgan fingerprint density at radius 1 is 1.33 bits per heavy atom. The summed E-state index contributed by atoms with van der Waals surface area (Å²) in [5, 5.41) is 7.00. The molecule has 3 rings (SSSR count). The molecule has 0 aromatic carbocycles. The van der Waals surface area contributed by atoms with E-state index in [1.54, 1.807) is 24.4 Å². The van der Waals surface area contributed by atoms with Gasteiger partial charge >= 0.3 is 0 Å². The van der Waals surface area contributed by atoms with Gasteiger partial charge in [-0.3, -0.25) is 9.78 Å². The zero-order chi connectivity index (χ0) is 17.2. The minimum atomic E-state index is -0.506. The molecule has 1 amide bonds. The molecule has 1 unspecified atom stereocenters. The highest BCUT2D eigenvalue weighted by Crippen LogP contribution is 2.35. The molecule has 7 heteroatoms. The lowest BCUT2D eigenvalue weighted by Crippen LogP contribution is -2.35. The minimum Gasteiger partial charge on any atom is -0.339 e. The number of nitrogens with one attached hydrogen (secondary N) is 1. The summed E-state index contributed by atoms with van der Waals surface area (Å²) >= 11 is 0. The lowest BCUT2D eigenvalue weighted by atomic mass is 9.98. The summed E-state index contributed by atoms with van der Waals surface area (Å²) in [6, 6.07) is 4.82. The van der Waals surface area contributed by atoms with E-state index in [4.69, 9.17) is 10.3 Å². The van der Waals surface area contributed by atoms with Crippen LogP contribution in [0.1, 0.15) is 67.8 Å². The normalized spacial score (nSPS) is 17.8. The molecule has 1 fully saturated rings. The number of nitrogens with zero attached hydrogens (tertiary/aromatic N) is 3. The van der Waals surface area contributed by atoms with Crippen LogP contribution in [0.4, 0.5) is 0 Å². The fourth-order valence-corrected chi connectivity index (χ4v) is 3.02. The maximum Gasteiger partial charge on any atom is 0.270 e. The van der Waals surface area contributed by atoms with Crippen molar-refractivity contribution in [2.24, 2.45) is 11.7 Å². The van der Waals surface area contributed by atoms with Gasteiger partial charge in [-0.15, -0.1) is 0 Å². The number of nitrogens with two attached hydrogens (primary N) is 1. The van der Waals surface area contributed by atoms with Crippen LogP contribution >= 0.6 is 0 Å². The third-order valence-corrected chi connectivity index (χ3v) is 4.50. The molecule has 0 radical (unpaired) electrons. The van der Waals surface area contributed by atoms with Crippen molar-refractivity contribution in [3.8, 4) is 0 Å². The Hall–Kier alpha value is -2.28. The highest BCUT2D eigenvalue weighted by molar-refractivity contribution is 5.92. The molecule has 0 aliphatic heterocycles. The van der Waals surface area contributed by atoms with Gasteiger partial charge in [0.05, 0.1) is 5.54 Å². The Morgan fingerprint density at radius 3 is 2.71 bits per heavy atom. The largest absolute Gasteiger partial charge is 0.339 e. The number of aromatic nitrogens is 3. The Kier molecular flexibility index (Phi) is 4.62. The predicted molar refractivity (Wildman–Crippen MR) is 87.9 cm³/mol. The van der Waals surface area contributed by atoms with E-state index < -0.39 is 5.54 Å². The lowest BCUT2D eigenvalue weighted by molar-refractivity contribution is 0.0909. The summed E-state index contributed by atoms with van der Waals surface area (Å²) in [5.41, 5.74) is 6.23. The highest BCUT2D eigenvalue weighted by atomic mass is 16.5. The van der Waals surface area contributed by atoms with E-state index in [1.165, 1.54) is 0 Å². The average Bonchev–Trinajstić information content (AvgIpc) is 3.23. The van der Waals surface area contributed by atoms with Gasteiger partial charge < -0.3 is 15.6 Å². The van der Waals surface area contributed by atoms with Crippen molar-refractivity contribution in [2.45, 2.75) is 51.1 Å². The standard InChI is InChI=1S/C17H23N5O2/c1-11(2)13(20-14(23)12-7-3-6-10-19-12)15-21-16(22-24-15)17(18)8-4-5-9-17/h3,6-7,10-11,13H,4-5,8-9,18H2,1-2H3,(H,20,23). The first-order valence-corrected chi connectivity index (χ1v) is 8.34. The zero-order valence-corrected chi connectivity index (χ0v) is 14.0. The van der Waals surface area contributed by atoms with Crippen LogP contribution in [-0.2, 0) is 5.54 Å². The molecule has 2 aromatic rings. The van der Waals surface area contributed by atoms with Crippen molar-refractivity contribution in [3.63, 3.8) is 0 Å². The van der Waals surface area contributed by atoms with Crippen LogP contribution in [0.2, 0.25) is 0 Å². The summed E-state index contributed by atoms with van der Waals surface area (Å²) in [6.07, 6.45) is 5.45. The van der Waals surface area contributed by atoms with Crippen LogP contribution in [0.5, 0.6) is 0 Å². The minimum absolute atomic E-state index is 0.0864. The highest BCUT2D eigenvalue weighted by Gasteiger charge is 2.37. The molecule has 0 spiro atoms. The van der Waals surface area contributed by atoms with E-state index in [-0.39, 0.29) is 17.9 Å². The summed E-state index contributed by atoms with van der Waals surface area (Å²) in [6.45, 7) is 3.97. The maximum atomic E-state index is 12.4. The second-order valence-electron chi connectivity index (χ2n) is 6.73. The second kappa shape index (κ2) is 6.68. The fraction of sp³-hybridized carbons (Fsp3) is 0.529.